The molecule has 0 aromatic rings. The van der Waals surface area contributed by atoms with E-state index >= 15 is 0 Å². The fourth-order valence-corrected chi connectivity index (χ4v) is 0.344. The number of nitrogens with zero attached hydrogens (tertiary/aromatic N) is 1. The molecule has 0 spiro atoms. The fourth-order valence-electron chi connectivity index (χ4n) is 0.344. The molecule has 0 aromatic carbocycles. The summed E-state index contributed by atoms with van der Waals surface area (Å²) in [7, 11) is 1.78. The zero-order chi connectivity index (χ0) is 5.11. The Morgan fingerprint density at radius 1 is 1.71 bits per heavy atom. The van der Waals surface area contributed by atoms with E-state index in [0.717, 1.165) is 0 Å². The Morgan fingerprint density at radius 2 is 2.57 bits per heavy atom. The first-order chi connectivity index (χ1) is 3.39. The molecule has 0 aliphatic carbocycles. The van der Waals surface area contributed by atoms with Crippen LogP contribution in [0.5, 0.6) is 0 Å². The van der Waals surface area contributed by atoms with E-state index in [0.29, 0.717) is 0 Å². The molecular weight excluding hydrogens is 90.1 g/mol. The van der Waals surface area contributed by atoms with Crippen molar-refractivity contribution in [2.24, 2.45) is 0 Å². The third-order valence-electron chi connectivity index (χ3n) is 0.650. The van der Waals surface area contributed by atoms with Crippen LogP contribution in [0.2, 0.25) is 0 Å². The molecule has 0 fully saturated rings. The van der Waals surface area contributed by atoms with Crippen molar-refractivity contribution in [2.45, 2.75) is 0 Å². The lowest BCUT2D eigenvalue weighted by Gasteiger charge is -1.85. The van der Waals surface area contributed by atoms with Gasteiger partial charge in [-0.2, -0.15) is 0 Å². The van der Waals surface area contributed by atoms with Crippen LogP contribution < -0.4 is 0 Å². The van der Waals surface area contributed by atoms with Crippen LogP contribution in [0.25, 0.3) is 0 Å². The molecule has 1 rings (SSSR count). The zero-order valence-corrected chi connectivity index (χ0v) is 4.09. The number of rotatable bonds is 0. The van der Waals surface area contributed by atoms with Gasteiger partial charge in [-0.15, -0.1) is 0 Å². The van der Waals surface area contributed by atoms with Crippen molar-refractivity contribution in [3.63, 3.8) is 0 Å². The molecule has 0 saturated heterocycles. The van der Waals surface area contributed by atoms with Crippen molar-refractivity contribution in [1.29, 1.82) is 0 Å². The van der Waals surface area contributed by atoms with Crippen LogP contribution in [0.1, 0.15) is 0 Å². The molecule has 0 aromatic heterocycles. The Hall–Kier alpha value is -1.01. The molecule has 0 atom stereocenters. The van der Waals surface area contributed by atoms with Gasteiger partial charge in [0, 0.05) is 4.74 Å². The maximum absolute atomic E-state index is 4.79. The van der Waals surface area contributed by atoms with Gasteiger partial charge in [0.2, 0.25) is 5.87 Å². The molecule has 0 radical (unpaired) electrons. The summed E-state index contributed by atoms with van der Waals surface area (Å²) < 4.78 is 1.50. The first-order valence-electron chi connectivity index (χ1n) is 2.04. The van der Waals surface area contributed by atoms with Gasteiger partial charge < -0.3 is 0 Å². The molecule has 0 N–H and O–H groups in total. The summed E-state index contributed by atoms with van der Waals surface area (Å²) in [4.78, 5) is 4.79. The van der Waals surface area contributed by atoms with Gasteiger partial charge in [-0.1, -0.05) is 0 Å². The smallest absolute Gasteiger partial charge is 0.221 e. The van der Waals surface area contributed by atoms with Gasteiger partial charge in [-0.05, 0) is 6.08 Å². The Kier molecular flexibility index (Phi) is 0.966. The fraction of sp³-hybridized carbons (Fsp3) is 0.200. The van der Waals surface area contributed by atoms with Gasteiger partial charge in [0.25, 0.3) is 0 Å². The van der Waals surface area contributed by atoms with Crippen molar-refractivity contribution >= 4 is 5.87 Å². The number of hydroxylamine groups is 1. The van der Waals surface area contributed by atoms with E-state index in [-0.39, 0.29) is 0 Å². The summed E-state index contributed by atoms with van der Waals surface area (Å²) in [6.07, 6.45) is 5.15. The van der Waals surface area contributed by atoms with E-state index in [1.165, 1.54) is 4.74 Å². The van der Waals surface area contributed by atoms with Gasteiger partial charge in [0.1, 0.15) is 0 Å². The molecule has 2 heteroatoms. The lowest BCUT2D eigenvalue weighted by Crippen LogP contribution is -2.01. The largest absolute Gasteiger partial charge is 0.236 e. The minimum Gasteiger partial charge on any atom is -0.236 e. The average molecular weight is 96.1 g/mol. The van der Waals surface area contributed by atoms with Gasteiger partial charge in [-0.25, -0.2) is 4.84 Å². The highest BCUT2D eigenvalue weighted by Crippen LogP contribution is 1.80. The van der Waals surface area contributed by atoms with Crippen molar-refractivity contribution < 1.29 is 9.58 Å². The van der Waals surface area contributed by atoms with Gasteiger partial charge in [-0.3, -0.25) is 0 Å². The SMILES string of the molecule is C[N+]1=C=CC=CO1. The van der Waals surface area contributed by atoms with Crippen LogP contribution in [0.4, 0.5) is 0 Å². The molecule has 1 aliphatic rings. The molecular formula is C5H6NO+. The first-order valence-corrected chi connectivity index (χ1v) is 2.04. The highest BCUT2D eigenvalue weighted by molar-refractivity contribution is 5.49. The second kappa shape index (κ2) is 1.63. The molecule has 2 nitrogen and oxygen atoms in total. The minimum atomic E-state index is 1.50. The van der Waals surface area contributed by atoms with Crippen molar-refractivity contribution in [1.82, 2.24) is 0 Å². The van der Waals surface area contributed by atoms with Crippen molar-refractivity contribution in [3.8, 4) is 0 Å². The normalized spacial score (nSPS) is 15.9. The standard InChI is InChI=1S/C5H6NO/c1-6-4-2-3-5-7-6/h2-3,5H,1H3/q+1. The summed E-state index contributed by atoms with van der Waals surface area (Å²) in [5.41, 5.74) is 0. The predicted octanol–water partition coefficient (Wildman–Crippen LogP) is 0.314. The van der Waals surface area contributed by atoms with Crippen molar-refractivity contribution in [2.75, 3.05) is 7.05 Å². The maximum Gasteiger partial charge on any atom is 0.221 e. The molecule has 36 valence electrons. The zero-order valence-electron chi connectivity index (χ0n) is 4.09. The highest BCUT2D eigenvalue weighted by atomic mass is 16.7. The summed E-state index contributed by atoms with van der Waals surface area (Å²) >= 11 is 0. The molecule has 1 heterocycles. The molecule has 0 saturated carbocycles. The Morgan fingerprint density at radius 3 is 2.86 bits per heavy atom. The van der Waals surface area contributed by atoms with Crippen LogP contribution in [0.15, 0.2) is 18.4 Å². The van der Waals surface area contributed by atoms with E-state index in [4.69, 9.17) is 4.84 Å². The third kappa shape index (κ3) is 0.913. The molecule has 0 bridgehead atoms. The lowest BCUT2D eigenvalue weighted by atomic mass is 10.6. The maximum atomic E-state index is 4.79. The third-order valence-corrected chi connectivity index (χ3v) is 0.650. The highest BCUT2D eigenvalue weighted by Gasteiger charge is 1.89. The van der Waals surface area contributed by atoms with Crippen LogP contribution in [-0.4, -0.2) is 17.7 Å². The van der Waals surface area contributed by atoms with Gasteiger partial charge in [0.05, 0.1) is 6.08 Å². The number of allylic oxidation sites excluding steroid dienone is 2. The summed E-state index contributed by atoms with van der Waals surface area (Å²) in [6, 6.07) is 0. The van der Waals surface area contributed by atoms with E-state index in [1.54, 1.807) is 25.5 Å². The molecule has 0 amide bonds. The van der Waals surface area contributed by atoms with E-state index < -0.39 is 0 Å². The Bertz CT molecular complexity index is 151. The predicted molar refractivity (Wildman–Crippen MR) is 26.0 cm³/mol. The Labute approximate surface area is 42.0 Å². The minimum absolute atomic E-state index is 1.50. The van der Waals surface area contributed by atoms with Crippen LogP contribution >= 0.6 is 0 Å². The van der Waals surface area contributed by atoms with Gasteiger partial charge in [0.15, 0.2) is 13.3 Å². The summed E-state index contributed by atoms with van der Waals surface area (Å²) in [5.74, 6) is 2.78. The van der Waals surface area contributed by atoms with Gasteiger partial charge >= 0.3 is 0 Å². The van der Waals surface area contributed by atoms with Crippen molar-refractivity contribution in [3.05, 3.63) is 18.4 Å². The molecule has 0 unspecified atom stereocenters. The van der Waals surface area contributed by atoms with E-state index in [2.05, 4.69) is 5.87 Å². The topological polar surface area (TPSA) is 12.2 Å². The second-order valence-electron chi connectivity index (χ2n) is 1.23. The number of hydrogen-bond acceptors (Lipinski definition) is 1. The van der Waals surface area contributed by atoms with Crippen LogP contribution in [-0.2, 0) is 4.84 Å². The monoisotopic (exact) mass is 96.0 g/mol. The van der Waals surface area contributed by atoms with E-state index in [1.807, 2.05) is 0 Å². The van der Waals surface area contributed by atoms with Crippen LogP contribution in [0, 0.1) is 0 Å². The first kappa shape index (κ1) is 4.16. The van der Waals surface area contributed by atoms with E-state index in [9.17, 15) is 0 Å². The summed E-state index contributed by atoms with van der Waals surface area (Å²) in [6.45, 7) is 0. The lowest BCUT2D eigenvalue weighted by molar-refractivity contribution is -0.745. The summed E-state index contributed by atoms with van der Waals surface area (Å²) in [5, 5.41) is 0. The molecule has 7 heavy (non-hydrogen) atoms. The Balaban J connectivity index is 2.84. The number of hydrogen-bond donors (Lipinski definition) is 0. The average Bonchev–Trinajstić information content (AvgIpc) is 1.69. The van der Waals surface area contributed by atoms with Crippen LogP contribution in [0.3, 0.4) is 0 Å². The second-order valence-corrected chi connectivity index (χ2v) is 1.23. The quantitative estimate of drug-likeness (QED) is 0.395. The molecule has 1 aliphatic heterocycles.